The summed E-state index contributed by atoms with van der Waals surface area (Å²) in [6.45, 7) is 5.60. The third kappa shape index (κ3) is 7.61. The van der Waals surface area contributed by atoms with Crippen LogP contribution < -0.4 is 10.1 Å². The zero-order chi connectivity index (χ0) is 32.5. The fourth-order valence-electron chi connectivity index (χ4n) is 6.02. The van der Waals surface area contributed by atoms with E-state index < -0.39 is 6.29 Å². The van der Waals surface area contributed by atoms with Gasteiger partial charge in [0.05, 0.1) is 39.1 Å². The number of carbonyl (C=O) groups is 2. The average Bonchev–Trinajstić information content (AvgIpc) is 3.66. The molecule has 0 saturated heterocycles. The van der Waals surface area contributed by atoms with Gasteiger partial charge in [-0.25, -0.2) is 0 Å². The Balaban J connectivity index is 1.38. The summed E-state index contributed by atoms with van der Waals surface area (Å²) >= 11 is 0. The lowest BCUT2D eigenvalue weighted by Crippen LogP contribution is -2.39. The molecule has 0 aliphatic carbocycles. The molecule has 0 radical (unpaired) electrons. The van der Waals surface area contributed by atoms with Gasteiger partial charge in [-0.2, -0.15) is 0 Å². The zero-order valence-corrected chi connectivity index (χ0v) is 26.6. The predicted molar refractivity (Wildman–Crippen MR) is 174 cm³/mol. The number of ether oxygens (including phenoxy) is 5. The summed E-state index contributed by atoms with van der Waals surface area (Å²) in [6, 6.07) is 13.6. The van der Waals surface area contributed by atoms with Crippen molar-refractivity contribution >= 4 is 33.6 Å². The standard InChI is InChI=1S/C35H43N3O8/c1-4-45-35-27(12-15-43-17-18-44-16-14-39)29(30-22-38(23(2)40)32-8-6-5-7-26(30)32)20-33(46-35)34(41)36-13-11-24-21-37-31-10-9-25(42-3)19-28(24)31/h5-10,19-22,27,29,35,37,39H,4,11-18H2,1-3H3,(H,36,41)/t27-,29+,35-/m1/s1. The molecular formula is C35H43N3O8. The zero-order valence-electron chi connectivity index (χ0n) is 26.6. The molecule has 0 spiro atoms. The van der Waals surface area contributed by atoms with Gasteiger partial charge in [0.2, 0.25) is 12.2 Å². The number of nitrogens with zero attached hydrogens (tertiary/aromatic N) is 1. The molecule has 0 saturated carbocycles. The van der Waals surface area contributed by atoms with E-state index in [4.69, 9.17) is 28.8 Å². The molecule has 3 heterocycles. The molecule has 2 aromatic carbocycles. The van der Waals surface area contributed by atoms with E-state index in [1.807, 2.05) is 67.9 Å². The molecule has 0 bridgehead atoms. The van der Waals surface area contributed by atoms with Gasteiger partial charge in [-0.15, -0.1) is 0 Å². The van der Waals surface area contributed by atoms with Crippen LogP contribution in [0.5, 0.6) is 5.75 Å². The van der Waals surface area contributed by atoms with Gasteiger partial charge in [0, 0.05) is 67.2 Å². The first kappa shape index (κ1) is 33.2. The number of hydrogen-bond acceptors (Lipinski definition) is 8. The lowest BCUT2D eigenvalue weighted by Gasteiger charge is -2.36. The number of hydrogen-bond donors (Lipinski definition) is 3. The van der Waals surface area contributed by atoms with Crippen molar-refractivity contribution < 1.29 is 38.4 Å². The van der Waals surface area contributed by atoms with E-state index in [-0.39, 0.29) is 42.6 Å². The van der Waals surface area contributed by atoms with E-state index in [9.17, 15) is 9.59 Å². The fraction of sp³-hybridized carbons (Fsp3) is 0.429. The number of para-hydroxylation sites is 1. The first-order chi connectivity index (χ1) is 22.4. The number of carbonyl (C=O) groups excluding carboxylic acids is 2. The normalized spacial score (nSPS) is 18.0. The number of nitrogens with one attached hydrogen (secondary N) is 2. The van der Waals surface area contributed by atoms with Gasteiger partial charge >= 0.3 is 0 Å². The highest BCUT2D eigenvalue weighted by molar-refractivity contribution is 5.95. The van der Waals surface area contributed by atoms with Crippen molar-refractivity contribution in [3.63, 3.8) is 0 Å². The van der Waals surface area contributed by atoms with Crippen LogP contribution in [0.25, 0.3) is 21.8 Å². The highest BCUT2D eigenvalue weighted by Crippen LogP contribution is 2.42. The Bertz CT molecular complexity index is 1660. The van der Waals surface area contributed by atoms with Gasteiger partial charge in [0.25, 0.3) is 5.91 Å². The monoisotopic (exact) mass is 633 g/mol. The molecule has 1 aliphatic heterocycles. The van der Waals surface area contributed by atoms with Crippen molar-refractivity contribution in [3.05, 3.63) is 77.8 Å². The van der Waals surface area contributed by atoms with Crippen molar-refractivity contribution in [2.24, 2.45) is 5.92 Å². The number of allylic oxidation sites excluding steroid dienone is 1. The summed E-state index contributed by atoms with van der Waals surface area (Å²) in [7, 11) is 1.64. The first-order valence-corrected chi connectivity index (χ1v) is 15.7. The van der Waals surface area contributed by atoms with E-state index >= 15 is 0 Å². The number of aromatic nitrogens is 2. The number of benzene rings is 2. The van der Waals surface area contributed by atoms with Gasteiger partial charge in [0.1, 0.15) is 5.75 Å². The van der Waals surface area contributed by atoms with Crippen LogP contribution >= 0.6 is 0 Å². The predicted octanol–water partition coefficient (Wildman–Crippen LogP) is 4.54. The Kier molecular flexibility index (Phi) is 11.5. The maximum Gasteiger partial charge on any atom is 0.286 e. The van der Waals surface area contributed by atoms with Crippen molar-refractivity contribution in [2.75, 3.05) is 53.3 Å². The molecule has 1 amide bonds. The van der Waals surface area contributed by atoms with Crippen LogP contribution in [0.15, 0.2) is 66.7 Å². The second kappa shape index (κ2) is 15.9. The number of aliphatic hydroxyl groups excluding tert-OH is 1. The molecule has 5 rings (SSSR count). The van der Waals surface area contributed by atoms with Crippen LogP contribution in [-0.4, -0.2) is 86.1 Å². The number of aromatic amines is 1. The van der Waals surface area contributed by atoms with Crippen molar-refractivity contribution in [2.45, 2.75) is 38.9 Å². The SMILES string of the molecule is CCO[C@@H]1OC(C(=O)NCCc2c[nH]c3ccc(OC)cc23)=C[C@H](c2cn(C(C)=O)c3ccccc23)[C@H]1CCOCCOCCO. The van der Waals surface area contributed by atoms with Crippen molar-refractivity contribution in [1.29, 1.82) is 0 Å². The smallest absolute Gasteiger partial charge is 0.286 e. The molecule has 3 N–H and O–H groups in total. The van der Waals surface area contributed by atoms with E-state index in [0.29, 0.717) is 45.8 Å². The molecular weight excluding hydrogens is 590 g/mol. The van der Waals surface area contributed by atoms with Crippen molar-refractivity contribution in [3.8, 4) is 5.75 Å². The molecule has 11 nitrogen and oxygen atoms in total. The quantitative estimate of drug-likeness (QED) is 0.153. The molecule has 46 heavy (non-hydrogen) atoms. The minimum absolute atomic E-state index is 0.0362. The third-order valence-electron chi connectivity index (χ3n) is 8.24. The first-order valence-electron chi connectivity index (χ1n) is 15.7. The molecule has 3 atom stereocenters. The Morgan fingerprint density at radius 3 is 2.63 bits per heavy atom. The Labute approximate surface area is 268 Å². The minimum atomic E-state index is -0.712. The summed E-state index contributed by atoms with van der Waals surface area (Å²) in [6.07, 6.45) is 6.13. The minimum Gasteiger partial charge on any atom is -0.497 e. The number of methoxy groups -OCH3 is 1. The van der Waals surface area contributed by atoms with E-state index in [0.717, 1.165) is 38.7 Å². The van der Waals surface area contributed by atoms with Crippen LogP contribution in [0.4, 0.5) is 0 Å². The highest BCUT2D eigenvalue weighted by atomic mass is 16.7. The molecule has 246 valence electrons. The lowest BCUT2D eigenvalue weighted by atomic mass is 9.81. The number of rotatable bonds is 16. The maximum absolute atomic E-state index is 13.6. The average molecular weight is 634 g/mol. The Morgan fingerprint density at radius 2 is 1.87 bits per heavy atom. The number of amides is 1. The van der Waals surface area contributed by atoms with E-state index in [1.54, 1.807) is 11.7 Å². The molecule has 1 aliphatic rings. The Morgan fingerprint density at radius 1 is 1.07 bits per heavy atom. The third-order valence-corrected chi connectivity index (χ3v) is 8.24. The van der Waals surface area contributed by atoms with Crippen LogP contribution in [0.1, 0.15) is 42.1 Å². The van der Waals surface area contributed by atoms with Crippen LogP contribution in [-0.2, 0) is 30.2 Å². The van der Waals surface area contributed by atoms with Gasteiger partial charge in [-0.05, 0) is 61.2 Å². The summed E-state index contributed by atoms with van der Waals surface area (Å²) in [5.41, 5.74) is 3.78. The summed E-state index contributed by atoms with van der Waals surface area (Å²) < 4.78 is 30.5. The van der Waals surface area contributed by atoms with Crippen LogP contribution in [0.2, 0.25) is 0 Å². The van der Waals surface area contributed by atoms with Gasteiger partial charge < -0.3 is 39.1 Å². The van der Waals surface area contributed by atoms with Gasteiger partial charge in [-0.3, -0.25) is 14.2 Å². The second-order valence-corrected chi connectivity index (χ2v) is 11.1. The molecule has 11 heteroatoms. The molecule has 2 aromatic heterocycles. The highest BCUT2D eigenvalue weighted by Gasteiger charge is 2.39. The van der Waals surface area contributed by atoms with E-state index in [2.05, 4.69) is 10.3 Å². The molecule has 4 aromatic rings. The number of H-pyrrole nitrogens is 1. The summed E-state index contributed by atoms with van der Waals surface area (Å²) in [5.74, 6) is 0.00771. The Hall–Kier alpha value is -4.16. The number of fused-ring (bicyclic) bond motifs is 2. The lowest BCUT2D eigenvalue weighted by molar-refractivity contribution is -0.168. The summed E-state index contributed by atoms with van der Waals surface area (Å²) in [5, 5.41) is 13.9. The van der Waals surface area contributed by atoms with Gasteiger partial charge in [0.15, 0.2) is 5.76 Å². The molecule has 0 fully saturated rings. The summed E-state index contributed by atoms with van der Waals surface area (Å²) in [4.78, 5) is 29.5. The molecule has 0 unspecified atom stereocenters. The fourth-order valence-corrected chi connectivity index (χ4v) is 6.02. The van der Waals surface area contributed by atoms with Crippen LogP contribution in [0, 0.1) is 5.92 Å². The van der Waals surface area contributed by atoms with E-state index in [1.165, 1.54) is 6.92 Å². The van der Waals surface area contributed by atoms with Gasteiger partial charge in [-0.1, -0.05) is 18.2 Å². The largest absolute Gasteiger partial charge is 0.497 e. The maximum atomic E-state index is 13.6. The number of aliphatic hydroxyl groups is 1. The van der Waals surface area contributed by atoms with Crippen molar-refractivity contribution in [1.82, 2.24) is 14.9 Å². The second-order valence-electron chi connectivity index (χ2n) is 11.1. The topological polar surface area (TPSA) is 133 Å². The van der Waals surface area contributed by atoms with Crippen LogP contribution in [0.3, 0.4) is 0 Å².